The van der Waals surface area contributed by atoms with Crippen molar-refractivity contribution in [2.24, 2.45) is 0 Å². The van der Waals surface area contributed by atoms with Crippen molar-refractivity contribution in [1.29, 1.82) is 0 Å². The average Bonchev–Trinajstić information content (AvgIpc) is 3.30. The molecule has 2 aromatic carbocycles. The van der Waals surface area contributed by atoms with E-state index in [9.17, 15) is 34.8 Å². The number of sulfonamides is 1. The van der Waals surface area contributed by atoms with Crippen LogP contribution in [0.2, 0.25) is 5.02 Å². The van der Waals surface area contributed by atoms with Crippen LogP contribution in [-0.2, 0) is 27.5 Å². The minimum absolute atomic E-state index is 0.0382. The normalized spacial score (nSPS) is 12.5. The summed E-state index contributed by atoms with van der Waals surface area (Å²) < 4.78 is 113. The zero-order valence-corrected chi connectivity index (χ0v) is 22.9. The van der Waals surface area contributed by atoms with Crippen LogP contribution in [0.3, 0.4) is 0 Å². The van der Waals surface area contributed by atoms with Gasteiger partial charge in [0.25, 0.3) is 0 Å². The van der Waals surface area contributed by atoms with Crippen LogP contribution in [0.1, 0.15) is 5.56 Å². The van der Waals surface area contributed by atoms with Gasteiger partial charge in [0, 0.05) is 25.0 Å². The molecule has 2 heterocycles. The Morgan fingerprint density at radius 3 is 2.48 bits per heavy atom. The van der Waals surface area contributed by atoms with Gasteiger partial charge < -0.3 is 19.4 Å². The van der Waals surface area contributed by atoms with Crippen LogP contribution in [0.15, 0.2) is 61.1 Å². The van der Waals surface area contributed by atoms with Crippen molar-refractivity contribution in [2.45, 2.75) is 18.9 Å². The van der Waals surface area contributed by atoms with Gasteiger partial charge in [-0.2, -0.15) is 26.3 Å². The molecule has 2 N–H and O–H groups in total. The number of rotatable bonds is 12. The number of ether oxygens (including phenoxy) is 2. The summed E-state index contributed by atoms with van der Waals surface area (Å²) in [6.07, 6.45) is -6.31. The monoisotopic (exact) mass is 637 g/mol. The van der Waals surface area contributed by atoms with Gasteiger partial charge in [-0.25, -0.2) is 23.1 Å². The van der Waals surface area contributed by atoms with E-state index in [4.69, 9.17) is 21.1 Å². The zero-order valence-electron chi connectivity index (χ0n) is 21.3. The van der Waals surface area contributed by atoms with E-state index in [-0.39, 0.29) is 42.8 Å². The first-order valence-electron chi connectivity index (χ1n) is 12.0. The largest absolute Gasteiger partial charge is 0.456 e. The Bertz CT molecular complexity index is 1650. The number of nitrogens with one attached hydrogen (secondary N) is 2. The molecule has 0 saturated heterocycles. The SMILES string of the molecule is O=S(=O)(CC(F)(F)F)NCCOCCn1ccc2ncnc(Nc3ccc(Oc4cccc(C(F)(F)F)c4)c(Cl)c3)c21. The number of halogens is 7. The lowest BCUT2D eigenvalue weighted by atomic mass is 10.2. The summed E-state index contributed by atoms with van der Waals surface area (Å²) in [5, 5.41) is 3.23. The molecular formula is C25H22ClF6N5O4S. The van der Waals surface area contributed by atoms with Crippen LogP contribution >= 0.6 is 11.6 Å². The smallest absolute Gasteiger partial charge is 0.416 e. The summed E-state index contributed by atoms with van der Waals surface area (Å²) in [5.74, 6) is -1.48. The van der Waals surface area contributed by atoms with Crippen LogP contribution in [0.5, 0.6) is 11.5 Å². The second-order valence-electron chi connectivity index (χ2n) is 8.74. The molecule has 42 heavy (non-hydrogen) atoms. The molecule has 17 heteroatoms. The van der Waals surface area contributed by atoms with Crippen molar-refractivity contribution in [1.82, 2.24) is 19.3 Å². The third-order valence-electron chi connectivity index (χ3n) is 5.53. The zero-order chi connectivity index (χ0) is 30.5. The van der Waals surface area contributed by atoms with Crippen molar-refractivity contribution < 1.29 is 44.2 Å². The van der Waals surface area contributed by atoms with Gasteiger partial charge in [0.15, 0.2) is 11.6 Å². The van der Waals surface area contributed by atoms with Crippen LogP contribution in [0, 0.1) is 0 Å². The van der Waals surface area contributed by atoms with Crippen molar-refractivity contribution in [3.63, 3.8) is 0 Å². The lowest BCUT2D eigenvalue weighted by molar-refractivity contribution is -0.137. The highest BCUT2D eigenvalue weighted by atomic mass is 35.5. The molecule has 0 radical (unpaired) electrons. The number of fused-ring (bicyclic) bond motifs is 1. The first-order chi connectivity index (χ1) is 19.7. The molecule has 0 saturated carbocycles. The van der Waals surface area contributed by atoms with Gasteiger partial charge >= 0.3 is 12.4 Å². The predicted molar refractivity (Wildman–Crippen MR) is 142 cm³/mol. The minimum Gasteiger partial charge on any atom is -0.456 e. The van der Waals surface area contributed by atoms with E-state index in [0.29, 0.717) is 22.5 Å². The highest BCUT2D eigenvalue weighted by molar-refractivity contribution is 7.89. The second kappa shape index (κ2) is 12.7. The Balaban J connectivity index is 1.38. The standard InChI is InChI=1S/C25H22ClF6N5O4S/c26-19-13-17(4-5-21(19)41-18-3-1-2-16(12-18)25(30,31)32)36-23-22-20(33-15-34-23)6-8-37(22)9-11-40-10-7-35-42(38,39)14-24(27,28)29/h1-6,8,12-13,15,35H,7,9-11,14H2,(H,33,34,36). The predicted octanol–water partition coefficient (Wildman–Crippen LogP) is 6.14. The van der Waals surface area contributed by atoms with Gasteiger partial charge in [0.1, 0.15) is 23.3 Å². The second-order valence-corrected chi connectivity index (χ2v) is 11.0. The Morgan fingerprint density at radius 1 is 0.976 bits per heavy atom. The molecule has 226 valence electrons. The molecule has 0 aliphatic carbocycles. The fourth-order valence-corrected chi connectivity index (χ4v) is 4.92. The Kier molecular flexibility index (Phi) is 9.50. The number of aromatic nitrogens is 3. The molecule has 4 rings (SSSR count). The maximum absolute atomic E-state index is 13.0. The minimum atomic E-state index is -4.84. The molecule has 0 amide bonds. The number of hydrogen-bond donors (Lipinski definition) is 2. The molecule has 2 aromatic heterocycles. The summed E-state index contributed by atoms with van der Waals surface area (Å²) in [4.78, 5) is 8.48. The molecule has 0 atom stereocenters. The Labute approximate surface area is 240 Å². The Hall–Kier alpha value is -3.60. The van der Waals surface area contributed by atoms with E-state index >= 15 is 0 Å². The van der Waals surface area contributed by atoms with E-state index in [0.717, 1.165) is 12.1 Å². The molecule has 4 aromatic rings. The quantitative estimate of drug-likeness (QED) is 0.142. The summed E-state index contributed by atoms with van der Waals surface area (Å²) in [6.45, 7) is -0.0851. The van der Waals surface area contributed by atoms with Gasteiger partial charge in [-0.3, -0.25) is 0 Å². The lowest BCUT2D eigenvalue weighted by Crippen LogP contribution is -2.35. The highest BCUT2D eigenvalue weighted by Crippen LogP contribution is 2.36. The average molecular weight is 638 g/mol. The summed E-state index contributed by atoms with van der Waals surface area (Å²) in [6, 6.07) is 10.7. The molecule has 9 nitrogen and oxygen atoms in total. The van der Waals surface area contributed by atoms with Crippen LogP contribution in [0.25, 0.3) is 11.0 Å². The van der Waals surface area contributed by atoms with E-state index in [2.05, 4.69) is 15.3 Å². The van der Waals surface area contributed by atoms with Crippen molar-refractivity contribution in [3.8, 4) is 11.5 Å². The van der Waals surface area contributed by atoms with Crippen molar-refractivity contribution in [2.75, 3.05) is 30.8 Å². The fraction of sp³-hybridized carbons (Fsp3) is 0.280. The molecule has 0 unspecified atom stereocenters. The Morgan fingerprint density at radius 2 is 1.76 bits per heavy atom. The third-order valence-corrected chi connectivity index (χ3v) is 7.18. The van der Waals surface area contributed by atoms with Gasteiger partial charge in [-0.15, -0.1) is 0 Å². The molecule has 0 aliphatic rings. The van der Waals surface area contributed by atoms with Crippen molar-refractivity contribution >= 4 is 44.2 Å². The van der Waals surface area contributed by atoms with Crippen LogP contribution in [0.4, 0.5) is 37.8 Å². The van der Waals surface area contributed by atoms with Gasteiger partial charge in [-0.05, 0) is 42.5 Å². The van der Waals surface area contributed by atoms with Gasteiger partial charge in [0.2, 0.25) is 10.0 Å². The highest BCUT2D eigenvalue weighted by Gasteiger charge is 2.34. The maximum Gasteiger partial charge on any atom is 0.416 e. The fourth-order valence-electron chi connectivity index (χ4n) is 3.77. The van der Waals surface area contributed by atoms with E-state index in [1.807, 2.05) is 4.72 Å². The number of nitrogens with zero attached hydrogens (tertiary/aromatic N) is 3. The summed E-state index contributed by atoms with van der Waals surface area (Å²) >= 11 is 6.33. The molecule has 0 bridgehead atoms. The molecule has 0 aliphatic heterocycles. The van der Waals surface area contributed by atoms with Crippen LogP contribution < -0.4 is 14.8 Å². The van der Waals surface area contributed by atoms with E-state index < -0.39 is 33.7 Å². The molecule has 0 fully saturated rings. The first-order valence-corrected chi connectivity index (χ1v) is 14.1. The molecule has 0 spiro atoms. The van der Waals surface area contributed by atoms with Gasteiger partial charge in [0.05, 0.1) is 29.3 Å². The third kappa shape index (κ3) is 8.70. The number of benzene rings is 2. The summed E-state index contributed by atoms with van der Waals surface area (Å²) in [5.41, 5.74) is 0.808. The maximum atomic E-state index is 13.0. The first kappa shape index (κ1) is 31.3. The number of alkyl halides is 6. The topological polar surface area (TPSA) is 107 Å². The summed E-state index contributed by atoms with van der Waals surface area (Å²) in [7, 11) is -4.51. The molecular weight excluding hydrogens is 616 g/mol. The lowest BCUT2D eigenvalue weighted by Gasteiger charge is -2.13. The van der Waals surface area contributed by atoms with E-state index in [1.54, 1.807) is 22.9 Å². The van der Waals surface area contributed by atoms with E-state index in [1.165, 1.54) is 30.6 Å². The van der Waals surface area contributed by atoms with Gasteiger partial charge in [-0.1, -0.05) is 17.7 Å². The van der Waals surface area contributed by atoms with Crippen molar-refractivity contribution in [3.05, 3.63) is 71.6 Å². The van der Waals surface area contributed by atoms with Crippen LogP contribution in [-0.4, -0.2) is 54.6 Å². The number of anilines is 2. The number of hydrogen-bond acceptors (Lipinski definition) is 7.